The molecule has 0 amide bonds. The molecule has 2 heteroatoms. The zero-order valence-electron chi connectivity index (χ0n) is 12.6. The van der Waals surface area contributed by atoms with Crippen molar-refractivity contribution in [1.82, 2.24) is 0 Å². The zero-order valence-corrected chi connectivity index (χ0v) is 12.6. The van der Waals surface area contributed by atoms with Crippen LogP contribution in [0.2, 0.25) is 0 Å². The molecule has 0 aromatic carbocycles. The molecule has 0 radical (unpaired) electrons. The van der Waals surface area contributed by atoms with Crippen molar-refractivity contribution in [2.75, 3.05) is 6.61 Å². The van der Waals surface area contributed by atoms with Crippen LogP contribution in [0, 0.1) is 0 Å². The molecule has 0 aliphatic carbocycles. The highest BCUT2D eigenvalue weighted by atomic mass is 16.6. The third-order valence-electron chi connectivity index (χ3n) is 3.99. The maximum absolute atomic E-state index is 5.93. The Morgan fingerprint density at radius 1 is 0.833 bits per heavy atom. The summed E-state index contributed by atoms with van der Waals surface area (Å²) in [5.41, 5.74) is 0. The number of ether oxygens (including phenoxy) is 2. The largest absolute Gasteiger partial charge is 0.373 e. The molecule has 0 N–H and O–H groups in total. The normalized spacial score (nSPS) is 28.5. The molecular formula is C16H32O2. The second-order valence-corrected chi connectivity index (χ2v) is 5.77. The molecule has 2 nitrogen and oxygen atoms in total. The first-order valence-corrected chi connectivity index (χ1v) is 8.01. The third-order valence-corrected chi connectivity index (χ3v) is 3.99. The predicted octanol–water partition coefficient (Wildman–Crippen LogP) is 4.71. The SMILES string of the molecule is CCCCCCCCCCC1COC(C)C(C)O1. The Hall–Kier alpha value is -0.0800. The fourth-order valence-corrected chi connectivity index (χ4v) is 2.51. The fraction of sp³-hybridized carbons (Fsp3) is 1.00. The maximum Gasteiger partial charge on any atom is 0.0813 e. The molecule has 3 unspecified atom stereocenters. The highest BCUT2D eigenvalue weighted by molar-refractivity contribution is 4.71. The molecule has 0 aromatic heterocycles. The third kappa shape index (κ3) is 6.75. The van der Waals surface area contributed by atoms with E-state index in [1.807, 2.05) is 0 Å². The lowest BCUT2D eigenvalue weighted by Gasteiger charge is -2.33. The van der Waals surface area contributed by atoms with Gasteiger partial charge in [0, 0.05) is 0 Å². The molecule has 108 valence electrons. The molecule has 1 fully saturated rings. The van der Waals surface area contributed by atoms with Crippen LogP contribution in [-0.2, 0) is 9.47 Å². The lowest BCUT2D eigenvalue weighted by atomic mass is 10.1. The van der Waals surface area contributed by atoms with Crippen LogP contribution in [-0.4, -0.2) is 24.9 Å². The first-order chi connectivity index (χ1) is 8.74. The maximum atomic E-state index is 5.93. The first kappa shape index (κ1) is 16.0. The van der Waals surface area contributed by atoms with Crippen molar-refractivity contribution in [2.24, 2.45) is 0 Å². The average molecular weight is 256 g/mol. The summed E-state index contributed by atoms with van der Waals surface area (Å²) in [4.78, 5) is 0. The van der Waals surface area contributed by atoms with E-state index in [1.54, 1.807) is 0 Å². The Labute approximate surface area is 113 Å². The molecule has 0 saturated carbocycles. The van der Waals surface area contributed by atoms with Gasteiger partial charge in [-0.05, 0) is 20.3 Å². The Morgan fingerprint density at radius 2 is 1.44 bits per heavy atom. The number of hydrogen-bond acceptors (Lipinski definition) is 2. The number of hydrogen-bond donors (Lipinski definition) is 0. The Balaban J connectivity index is 1.89. The fourth-order valence-electron chi connectivity index (χ4n) is 2.51. The van der Waals surface area contributed by atoms with Crippen LogP contribution in [0.3, 0.4) is 0 Å². The van der Waals surface area contributed by atoms with Gasteiger partial charge >= 0.3 is 0 Å². The summed E-state index contributed by atoms with van der Waals surface area (Å²) in [6, 6.07) is 0. The highest BCUT2D eigenvalue weighted by Crippen LogP contribution is 2.19. The lowest BCUT2D eigenvalue weighted by Crippen LogP contribution is -2.40. The van der Waals surface area contributed by atoms with Crippen LogP contribution in [0.25, 0.3) is 0 Å². The van der Waals surface area contributed by atoms with E-state index in [-0.39, 0.29) is 12.2 Å². The molecule has 0 aromatic rings. The second kappa shape index (κ2) is 9.80. The van der Waals surface area contributed by atoms with Crippen molar-refractivity contribution in [3.05, 3.63) is 0 Å². The van der Waals surface area contributed by atoms with E-state index in [2.05, 4.69) is 20.8 Å². The topological polar surface area (TPSA) is 18.5 Å². The molecule has 0 bridgehead atoms. The van der Waals surface area contributed by atoms with E-state index >= 15 is 0 Å². The van der Waals surface area contributed by atoms with E-state index < -0.39 is 0 Å². The minimum Gasteiger partial charge on any atom is -0.373 e. The van der Waals surface area contributed by atoms with Gasteiger partial charge in [0.2, 0.25) is 0 Å². The summed E-state index contributed by atoms with van der Waals surface area (Å²) in [7, 11) is 0. The molecule has 3 atom stereocenters. The molecule has 1 aliphatic heterocycles. The van der Waals surface area contributed by atoms with Crippen molar-refractivity contribution >= 4 is 0 Å². The molecule has 0 spiro atoms. The van der Waals surface area contributed by atoms with Crippen molar-refractivity contribution < 1.29 is 9.47 Å². The first-order valence-electron chi connectivity index (χ1n) is 8.01. The van der Waals surface area contributed by atoms with E-state index in [9.17, 15) is 0 Å². The van der Waals surface area contributed by atoms with E-state index in [0.717, 1.165) is 6.61 Å². The van der Waals surface area contributed by atoms with Crippen LogP contribution in [0.1, 0.15) is 78.6 Å². The van der Waals surface area contributed by atoms with Crippen LogP contribution in [0.5, 0.6) is 0 Å². The van der Waals surface area contributed by atoms with Gasteiger partial charge in [-0.2, -0.15) is 0 Å². The van der Waals surface area contributed by atoms with Crippen molar-refractivity contribution in [2.45, 2.75) is 96.9 Å². The van der Waals surface area contributed by atoms with Crippen LogP contribution >= 0.6 is 0 Å². The van der Waals surface area contributed by atoms with Crippen molar-refractivity contribution in [1.29, 1.82) is 0 Å². The Bertz CT molecular complexity index is 194. The lowest BCUT2D eigenvalue weighted by molar-refractivity contribution is -0.169. The quantitative estimate of drug-likeness (QED) is 0.556. The van der Waals surface area contributed by atoms with Gasteiger partial charge < -0.3 is 9.47 Å². The van der Waals surface area contributed by atoms with Gasteiger partial charge in [0.1, 0.15) is 0 Å². The molecule has 1 heterocycles. The monoisotopic (exact) mass is 256 g/mol. The van der Waals surface area contributed by atoms with E-state index in [0.29, 0.717) is 6.10 Å². The van der Waals surface area contributed by atoms with Gasteiger partial charge in [0.05, 0.1) is 24.9 Å². The van der Waals surface area contributed by atoms with E-state index in [1.165, 1.54) is 57.8 Å². The molecule has 1 saturated heterocycles. The molecule has 18 heavy (non-hydrogen) atoms. The van der Waals surface area contributed by atoms with Crippen molar-refractivity contribution in [3.8, 4) is 0 Å². The summed E-state index contributed by atoms with van der Waals surface area (Å²) in [5.74, 6) is 0. The molecular weight excluding hydrogens is 224 g/mol. The number of unbranched alkanes of at least 4 members (excludes halogenated alkanes) is 7. The summed E-state index contributed by atoms with van der Waals surface area (Å²) < 4.78 is 11.6. The zero-order chi connectivity index (χ0) is 13.2. The number of rotatable bonds is 9. The summed E-state index contributed by atoms with van der Waals surface area (Å²) in [6.45, 7) is 7.28. The molecule has 1 aliphatic rings. The van der Waals surface area contributed by atoms with Crippen LogP contribution in [0.15, 0.2) is 0 Å². The summed E-state index contributed by atoms with van der Waals surface area (Å²) in [6.07, 6.45) is 13.1. The summed E-state index contributed by atoms with van der Waals surface area (Å²) in [5, 5.41) is 0. The van der Waals surface area contributed by atoms with Gasteiger partial charge in [-0.1, -0.05) is 58.3 Å². The minimum absolute atomic E-state index is 0.262. The van der Waals surface area contributed by atoms with Gasteiger partial charge in [-0.25, -0.2) is 0 Å². The smallest absolute Gasteiger partial charge is 0.0813 e. The van der Waals surface area contributed by atoms with E-state index in [4.69, 9.17) is 9.47 Å². The Morgan fingerprint density at radius 3 is 2.06 bits per heavy atom. The van der Waals surface area contributed by atoms with Crippen LogP contribution in [0.4, 0.5) is 0 Å². The van der Waals surface area contributed by atoms with Gasteiger partial charge in [0.25, 0.3) is 0 Å². The Kier molecular flexibility index (Phi) is 8.70. The van der Waals surface area contributed by atoms with Crippen LogP contribution < -0.4 is 0 Å². The second-order valence-electron chi connectivity index (χ2n) is 5.77. The summed E-state index contributed by atoms with van der Waals surface area (Å²) >= 11 is 0. The highest BCUT2D eigenvalue weighted by Gasteiger charge is 2.24. The van der Waals surface area contributed by atoms with Gasteiger partial charge in [0.15, 0.2) is 0 Å². The standard InChI is InChI=1S/C16H32O2/c1-4-5-6-7-8-9-10-11-12-16-13-17-14(2)15(3)18-16/h14-16H,4-13H2,1-3H3. The molecule has 1 rings (SSSR count). The average Bonchev–Trinajstić information content (AvgIpc) is 2.37. The van der Waals surface area contributed by atoms with Gasteiger partial charge in [-0.15, -0.1) is 0 Å². The van der Waals surface area contributed by atoms with Crippen molar-refractivity contribution in [3.63, 3.8) is 0 Å². The van der Waals surface area contributed by atoms with Gasteiger partial charge in [-0.3, -0.25) is 0 Å². The minimum atomic E-state index is 0.262. The predicted molar refractivity (Wildman–Crippen MR) is 77.0 cm³/mol.